The molecule has 0 fully saturated rings. The quantitative estimate of drug-likeness (QED) is 0.513. The summed E-state index contributed by atoms with van der Waals surface area (Å²) in [6.45, 7) is 5.91. The lowest BCUT2D eigenvalue weighted by atomic mass is 10.2. The SMILES string of the molecule is C/C=C(N)/C(C)=C/C. The Morgan fingerprint density at radius 3 is 1.88 bits per heavy atom. The van der Waals surface area contributed by atoms with Gasteiger partial charge in [0.25, 0.3) is 0 Å². The molecule has 0 aliphatic rings. The highest BCUT2D eigenvalue weighted by atomic mass is 14.6. The molecule has 0 bridgehead atoms. The molecule has 0 aliphatic carbocycles. The minimum absolute atomic E-state index is 0.868. The zero-order chi connectivity index (χ0) is 6.57. The van der Waals surface area contributed by atoms with E-state index in [0.717, 1.165) is 11.3 Å². The van der Waals surface area contributed by atoms with E-state index in [0.29, 0.717) is 0 Å². The van der Waals surface area contributed by atoms with Gasteiger partial charge in [0.15, 0.2) is 0 Å². The number of allylic oxidation sites excluding steroid dienone is 3. The van der Waals surface area contributed by atoms with Gasteiger partial charge in [-0.1, -0.05) is 12.2 Å². The van der Waals surface area contributed by atoms with Crippen LogP contribution in [0.25, 0.3) is 0 Å². The third-order valence-electron chi connectivity index (χ3n) is 1.20. The monoisotopic (exact) mass is 111 g/mol. The van der Waals surface area contributed by atoms with Gasteiger partial charge in [0.05, 0.1) is 0 Å². The van der Waals surface area contributed by atoms with E-state index in [4.69, 9.17) is 5.73 Å². The van der Waals surface area contributed by atoms with E-state index in [2.05, 4.69) is 0 Å². The lowest BCUT2D eigenvalue weighted by Gasteiger charge is -1.95. The minimum atomic E-state index is 0.868. The minimum Gasteiger partial charge on any atom is -0.399 e. The first-order valence-corrected chi connectivity index (χ1v) is 2.77. The summed E-state index contributed by atoms with van der Waals surface area (Å²) in [4.78, 5) is 0. The van der Waals surface area contributed by atoms with Gasteiger partial charge >= 0.3 is 0 Å². The van der Waals surface area contributed by atoms with Crippen molar-refractivity contribution in [3.63, 3.8) is 0 Å². The van der Waals surface area contributed by atoms with Gasteiger partial charge < -0.3 is 5.73 Å². The molecule has 0 saturated carbocycles. The predicted octanol–water partition coefficient (Wildman–Crippen LogP) is 1.82. The number of rotatable bonds is 1. The van der Waals surface area contributed by atoms with Gasteiger partial charge in [-0.05, 0) is 26.3 Å². The summed E-state index contributed by atoms with van der Waals surface area (Å²) in [6.07, 6.45) is 3.89. The van der Waals surface area contributed by atoms with Gasteiger partial charge in [0.1, 0.15) is 0 Å². The maximum Gasteiger partial charge on any atom is 0.0297 e. The Balaban J connectivity index is 4.04. The summed E-state index contributed by atoms with van der Waals surface area (Å²) in [5, 5.41) is 0. The summed E-state index contributed by atoms with van der Waals surface area (Å²) in [5.74, 6) is 0. The molecule has 0 atom stereocenters. The van der Waals surface area contributed by atoms with Crippen LogP contribution in [0.2, 0.25) is 0 Å². The molecule has 0 unspecified atom stereocenters. The molecule has 0 aromatic heterocycles. The molecule has 0 heterocycles. The topological polar surface area (TPSA) is 26.0 Å². The fraction of sp³-hybridized carbons (Fsp3) is 0.429. The fourth-order valence-electron chi connectivity index (χ4n) is 0.394. The van der Waals surface area contributed by atoms with Crippen molar-refractivity contribution in [1.29, 1.82) is 0 Å². The number of hydrogen-bond donors (Lipinski definition) is 1. The van der Waals surface area contributed by atoms with Crippen LogP contribution < -0.4 is 5.73 Å². The molecule has 1 nitrogen and oxygen atoms in total. The molecule has 0 rings (SSSR count). The summed E-state index contributed by atoms with van der Waals surface area (Å²) in [5.41, 5.74) is 7.53. The summed E-state index contributed by atoms with van der Waals surface area (Å²) in [6, 6.07) is 0. The Hall–Kier alpha value is -0.720. The van der Waals surface area contributed by atoms with Crippen molar-refractivity contribution >= 4 is 0 Å². The van der Waals surface area contributed by atoms with Gasteiger partial charge in [-0.2, -0.15) is 0 Å². The Labute approximate surface area is 50.9 Å². The van der Waals surface area contributed by atoms with Crippen molar-refractivity contribution in [3.8, 4) is 0 Å². The molecule has 2 N–H and O–H groups in total. The van der Waals surface area contributed by atoms with Crippen LogP contribution in [0.1, 0.15) is 20.8 Å². The lowest BCUT2D eigenvalue weighted by molar-refractivity contribution is 1.26. The van der Waals surface area contributed by atoms with E-state index < -0.39 is 0 Å². The van der Waals surface area contributed by atoms with Crippen LogP contribution in [0.4, 0.5) is 0 Å². The Bertz CT molecular complexity index is 104. The molecular formula is C7H13N. The molecule has 0 saturated heterocycles. The maximum absolute atomic E-state index is 5.52. The maximum atomic E-state index is 5.52. The molecule has 0 aromatic rings. The Morgan fingerprint density at radius 2 is 1.75 bits per heavy atom. The number of nitrogens with two attached hydrogens (primary N) is 1. The average Bonchev–Trinajstić information content (AvgIpc) is 1.84. The predicted molar refractivity (Wildman–Crippen MR) is 37.4 cm³/mol. The highest BCUT2D eigenvalue weighted by Gasteiger charge is 1.85. The molecule has 0 radical (unpaired) electrons. The first kappa shape index (κ1) is 7.28. The van der Waals surface area contributed by atoms with Gasteiger partial charge in [-0.3, -0.25) is 0 Å². The molecule has 8 heavy (non-hydrogen) atoms. The van der Waals surface area contributed by atoms with Crippen molar-refractivity contribution in [2.75, 3.05) is 0 Å². The summed E-state index contributed by atoms with van der Waals surface area (Å²) in [7, 11) is 0. The third kappa shape index (κ3) is 1.82. The lowest BCUT2D eigenvalue weighted by Crippen LogP contribution is -1.96. The number of hydrogen-bond acceptors (Lipinski definition) is 1. The second kappa shape index (κ2) is 3.30. The summed E-state index contributed by atoms with van der Waals surface area (Å²) < 4.78 is 0. The van der Waals surface area contributed by atoms with Crippen molar-refractivity contribution in [1.82, 2.24) is 0 Å². The fourth-order valence-corrected chi connectivity index (χ4v) is 0.394. The van der Waals surface area contributed by atoms with Crippen molar-refractivity contribution < 1.29 is 0 Å². The average molecular weight is 111 g/mol. The van der Waals surface area contributed by atoms with Crippen LogP contribution in [0, 0.1) is 0 Å². The Morgan fingerprint density at radius 1 is 1.25 bits per heavy atom. The van der Waals surface area contributed by atoms with Crippen LogP contribution in [-0.4, -0.2) is 0 Å². The van der Waals surface area contributed by atoms with Crippen LogP contribution in [-0.2, 0) is 0 Å². The van der Waals surface area contributed by atoms with E-state index in [1.807, 2.05) is 32.9 Å². The molecule has 0 spiro atoms. The van der Waals surface area contributed by atoms with Gasteiger partial charge in [-0.25, -0.2) is 0 Å². The third-order valence-corrected chi connectivity index (χ3v) is 1.20. The van der Waals surface area contributed by atoms with Crippen LogP contribution >= 0.6 is 0 Å². The van der Waals surface area contributed by atoms with E-state index in [-0.39, 0.29) is 0 Å². The molecule has 0 aromatic carbocycles. The first-order chi connectivity index (χ1) is 3.72. The van der Waals surface area contributed by atoms with Crippen molar-refractivity contribution in [2.45, 2.75) is 20.8 Å². The second-order valence-corrected chi connectivity index (χ2v) is 1.72. The van der Waals surface area contributed by atoms with Gasteiger partial charge in [-0.15, -0.1) is 0 Å². The van der Waals surface area contributed by atoms with Crippen molar-refractivity contribution in [2.24, 2.45) is 5.73 Å². The first-order valence-electron chi connectivity index (χ1n) is 2.77. The second-order valence-electron chi connectivity index (χ2n) is 1.72. The largest absolute Gasteiger partial charge is 0.399 e. The normalized spacial score (nSPS) is 14.4. The van der Waals surface area contributed by atoms with Crippen molar-refractivity contribution in [3.05, 3.63) is 23.4 Å². The zero-order valence-corrected chi connectivity index (χ0v) is 5.73. The highest BCUT2D eigenvalue weighted by Crippen LogP contribution is 1.99. The molecular weight excluding hydrogens is 98.1 g/mol. The molecule has 1 heteroatoms. The summed E-state index contributed by atoms with van der Waals surface area (Å²) >= 11 is 0. The van der Waals surface area contributed by atoms with E-state index in [9.17, 15) is 0 Å². The van der Waals surface area contributed by atoms with Gasteiger partial charge in [0.2, 0.25) is 0 Å². The standard InChI is InChI=1S/C7H13N/c1-4-6(3)7(8)5-2/h4-5H,8H2,1-3H3/b6-4+,7-5-. The smallest absolute Gasteiger partial charge is 0.0297 e. The zero-order valence-electron chi connectivity index (χ0n) is 5.73. The van der Waals surface area contributed by atoms with Crippen LogP contribution in [0.3, 0.4) is 0 Å². The molecule has 46 valence electrons. The van der Waals surface area contributed by atoms with Gasteiger partial charge in [0, 0.05) is 5.70 Å². The van der Waals surface area contributed by atoms with Crippen LogP contribution in [0.15, 0.2) is 23.4 Å². The molecule has 0 amide bonds. The highest BCUT2D eigenvalue weighted by molar-refractivity contribution is 5.24. The van der Waals surface area contributed by atoms with Crippen LogP contribution in [0.5, 0.6) is 0 Å². The van der Waals surface area contributed by atoms with E-state index in [1.165, 1.54) is 0 Å². The van der Waals surface area contributed by atoms with E-state index in [1.54, 1.807) is 0 Å². The molecule has 0 aliphatic heterocycles. The Kier molecular flexibility index (Phi) is 3.01. The van der Waals surface area contributed by atoms with E-state index >= 15 is 0 Å².